The number of nitrogens with zero attached hydrogens (tertiary/aromatic N) is 2. The van der Waals surface area contributed by atoms with Gasteiger partial charge in [0, 0.05) is 63.9 Å². The van der Waals surface area contributed by atoms with Crippen molar-refractivity contribution in [3.8, 4) is 11.4 Å². The maximum Gasteiger partial charge on any atom is 0.195 e. The molecule has 0 unspecified atom stereocenters. The van der Waals surface area contributed by atoms with E-state index in [9.17, 15) is 4.79 Å². The molecular formula is C49H36N2OS. The summed E-state index contributed by atoms with van der Waals surface area (Å²) in [5.74, 6) is 0. The molecule has 0 spiro atoms. The van der Waals surface area contributed by atoms with Gasteiger partial charge in [-0.1, -0.05) is 100 Å². The first-order valence-corrected chi connectivity index (χ1v) is 19.2. The molecule has 4 heteroatoms. The fraction of sp³-hybridized carbons (Fsp3) is 0.122. The predicted octanol–water partition coefficient (Wildman–Crippen LogP) is 12.6. The Kier molecular flexibility index (Phi) is 6.10. The number of rotatable bonds is 2. The van der Waals surface area contributed by atoms with Gasteiger partial charge in [0.05, 0.1) is 22.1 Å². The SMILES string of the molecule is CC1(C)c2cc(-n3c4ccccc4c4cc5c(cc43)c3ccccc3n5-c3ccccc3)ccc2C(C)(C)c2cc3c(=O)c4ccccc4sc3cc21. The highest BCUT2D eigenvalue weighted by Gasteiger charge is 2.42. The Morgan fingerprint density at radius 1 is 0.396 bits per heavy atom. The van der Waals surface area contributed by atoms with Crippen LogP contribution in [0.2, 0.25) is 0 Å². The van der Waals surface area contributed by atoms with Crippen molar-refractivity contribution >= 4 is 75.1 Å². The first-order valence-electron chi connectivity index (χ1n) is 18.4. The van der Waals surface area contributed by atoms with Crippen LogP contribution in [0.1, 0.15) is 49.9 Å². The van der Waals surface area contributed by atoms with Crippen molar-refractivity contribution in [1.29, 1.82) is 0 Å². The summed E-state index contributed by atoms with van der Waals surface area (Å²) in [5.41, 5.74) is 11.8. The predicted molar refractivity (Wildman–Crippen MR) is 225 cm³/mol. The van der Waals surface area contributed by atoms with Crippen LogP contribution in [0.5, 0.6) is 0 Å². The third-order valence-electron chi connectivity index (χ3n) is 12.2. The molecule has 3 aromatic heterocycles. The van der Waals surface area contributed by atoms with Gasteiger partial charge >= 0.3 is 0 Å². The van der Waals surface area contributed by atoms with Crippen LogP contribution < -0.4 is 5.43 Å². The molecule has 53 heavy (non-hydrogen) atoms. The number of hydrogen-bond donors (Lipinski definition) is 0. The lowest BCUT2D eigenvalue weighted by molar-refractivity contribution is 0.521. The molecule has 10 aromatic rings. The summed E-state index contributed by atoms with van der Waals surface area (Å²) in [6, 6.07) is 52.7. The van der Waals surface area contributed by atoms with E-state index in [0.29, 0.717) is 0 Å². The zero-order valence-corrected chi connectivity index (χ0v) is 30.9. The van der Waals surface area contributed by atoms with Crippen LogP contribution in [0.25, 0.3) is 75.2 Å². The Morgan fingerprint density at radius 2 is 0.925 bits per heavy atom. The van der Waals surface area contributed by atoms with Gasteiger partial charge < -0.3 is 9.13 Å². The van der Waals surface area contributed by atoms with Gasteiger partial charge in [-0.15, -0.1) is 11.3 Å². The maximum atomic E-state index is 13.8. The maximum absolute atomic E-state index is 13.8. The molecule has 254 valence electrons. The van der Waals surface area contributed by atoms with Gasteiger partial charge in [-0.25, -0.2) is 0 Å². The average Bonchev–Trinajstić information content (AvgIpc) is 3.68. The number of para-hydroxylation sites is 3. The summed E-state index contributed by atoms with van der Waals surface area (Å²) in [6.07, 6.45) is 0. The first kappa shape index (κ1) is 30.6. The quantitative estimate of drug-likeness (QED) is 0.165. The van der Waals surface area contributed by atoms with Crippen LogP contribution in [0.3, 0.4) is 0 Å². The van der Waals surface area contributed by atoms with Gasteiger partial charge in [0.25, 0.3) is 0 Å². The monoisotopic (exact) mass is 700 g/mol. The van der Waals surface area contributed by atoms with Crippen molar-refractivity contribution < 1.29 is 0 Å². The molecule has 3 heterocycles. The third-order valence-corrected chi connectivity index (χ3v) is 13.3. The van der Waals surface area contributed by atoms with Crippen LogP contribution in [0, 0.1) is 0 Å². The van der Waals surface area contributed by atoms with E-state index in [2.05, 4.69) is 164 Å². The smallest absolute Gasteiger partial charge is 0.195 e. The summed E-state index contributed by atoms with van der Waals surface area (Å²) in [7, 11) is 0. The van der Waals surface area contributed by atoms with E-state index in [-0.39, 0.29) is 16.3 Å². The second-order valence-corrected chi connectivity index (χ2v) is 16.8. The fourth-order valence-corrected chi connectivity index (χ4v) is 10.6. The Morgan fingerprint density at radius 3 is 1.60 bits per heavy atom. The summed E-state index contributed by atoms with van der Waals surface area (Å²) < 4.78 is 6.96. The first-order chi connectivity index (χ1) is 25.7. The minimum Gasteiger partial charge on any atom is -0.309 e. The third kappa shape index (κ3) is 4.07. The Bertz CT molecular complexity index is 3250. The molecule has 0 bridgehead atoms. The second kappa shape index (κ2) is 10.6. The van der Waals surface area contributed by atoms with E-state index in [1.165, 1.54) is 65.9 Å². The molecule has 0 fully saturated rings. The van der Waals surface area contributed by atoms with Crippen LogP contribution in [-0.2, 0) is 10.8 Å². The van der Waals surface area contributed by atoms with Crippen molar-refractivity contribution in [2.45, 2.75) is 38.5 Å². The zero-order valence-electron chi connectivity index (χ0n) is 30.1. The fourth-order valence-electron chi connectivity index (χ4n) is 9.47. The molecule has 0 radical (unpaired) electrons. The molecule has 0 saturated heterocycles. The Hall–Kier alpha value is -5.97. The van der Waals surface area contributed by atoms with Crippen LogP contribution in [0.15, 0.2) is 150 Å². The van der Waals surface area contributed by atoms with Gasteiger partial charge in [-0.05, 0) is 95.1 Å². The van der Waals surface area contributed by atoms with Gasteiger partial charge in [0.1, 0.15) is 0 Å². The van der Waals surface area contributed by atoms with Crippen molar-refractivity contribution in [3.63, 3.8) is 0 Å². The average molecular weight is 701 g/mol. The van der Waals surface area contributed by atoms with E-state index in [1.54, 1.807) is 11.3 Å². The molecular weight excluding hydrogens is 665 g/mol. The highest BCUT2D eigenvalue weighted by Crippen LogP contribution is 2.52. The Balaban J connectivity index is 1.17. The summed E-state index contributed by atoms with van der Waals surface area (Å²) in [6.45, 7) is 9.35. The Labute approximate surface area is 311 Å². The van der Waals surface area contributed by atoms with Gasteiger partial charge in [0.2, 0.25) is 0 Å². The number of benzene rings is 7. The lowest BCUT2D eigenvalue weighted by atomic mass is 9.60. The standard InChI is InChI=1S/C49H36N2OS/c1-48(2)37-23-22-30(24-38(37)49(3,4)40-28-46-36(25-39(40)48)47(52)33-18-10-13-21-45(33)53-46)51-42-20-12-9-17-32(42)35-26-43-34(27-44(35)51)31-16-8-11-19-41(31)50(43)29-14-6-5-7-15-29/h5-28H,1-4H3. The van der Waals surface area contributed by atoms with Crippen molar-refractivity contribution in [2.24, 2.45) is 0 Å². The molecule has 1 aliphatic rings. The van der Waals surface area contributed by atoms with Crippen molar-refractivity contribution in [2.75, 3.05) is 0 Å². The zero-order chi connectivity index (χ0) is 35.8. The van der Waals surface area contributed by atoms with E-state index in [1.807, 2.05) is 18.2 Å². The van der Waals surface area contributed by atoms with Gasteiger partial charge in [-0.2, -0.15) is 0 Å². The highest BCUT2D eigenvalue weighted by molar-refractivity contribution is 7.24. The van der Waals surface area contributed by atoms with E-state index in [4.69, 9.17) is 0 Å². The van der Waals surface area contributed by atoms with Gasteiger partial charge in [-0.3, -0.25) is 4.79 Å². The van der Waals surface area contributed by atoms with E-state index >= 15 is 0 Å². The molecule has 3 nitrogen and oxygen atoms in total. The molecule has 0 aliphatic heterocycles. The minimum atomic E-state index is -0.291. The topological polar surface area (TPSA) is 26.9 Å². The van der Waals surface area contributed by atoms with Crippen molar-refractivity contribution in [3.05, 3.63) is 178 Å². The van der Waals surface area contributed by atoms with Crippen LogP contribution >= 0.6 is 11.3 Å². The number of aromatic nitrogens is 2. The molecule has 0 atom stereocenters. The highest BCUT2D eigenvalue weighted by atomic mass is 32.1. The molecule has 0 N–H and O–H groups in total. The molecule has 11 rings (SSSR count). The lowest BCUT2D eigenvalue weighted by Gasteiger charge is -2.44. The lowest BCUT2D eigenvalue weighted by Crippen LogP contribution is -2.36. The molecule has 7 aromatic carbocycles. The summed E-state index contributed by atoms with van der Waals surface area (Å²) >= 11 is 1.72. The minimum absolute atomic E-state index is 0.124. The van der Waals surface area contributed by atoms with Crippen LogP contribution in [0.4, 0.5) is 0 Å². The normalized spacial score (nSPS) is 14.8. The summed E-state index contributed by atoms with van der Waals surface area (Å²) in [4.78, 5) is 13.8. The van der Waals surface area contributed by atoms with Gasteiger partial charge in [0.15, 0.2) is 5.43 Å². The molecule has 1 aliphatic carbocycles. The largest absolute Gasteiger partial charge is 0.309 e. The van der Waals surface area contributed by atoms with Crippen LogP contribution in [-0.4, -0.2) is 9.13 Å². The molecule has 0 saturated carbocycles. The second-order valence-electron chi connectivity index (χ2n) is 15.7. The number of fused-ring (bicyclic) bond motifs is 10. The van der Waals surface area contributed by atoms with E-state index < -0.39 is 0 Å². The number of hydrogen-bond acceptors (Lipinski definition) is 2. The molecule has 0 amide bonds. The summed E-state index contributed by atoms with van der Waals surface area (Å²) in [5, 5.41) is 6.59. The van der Waals surface area contributed by atoms with E-state index in [0.717, 1.165) is 31.5 Å². The van der Waals surface area contributed by atoms with Crippen molar-refractivity contribution in [1.82, 2.24) is 9.13 Å².